The molecule has 2 fully saturated rings. The van der Waals surface area contributed by atoms with Gasteiger partial charge in [0.05, 0.1) is 0 Å². The minimum atomic E-state index is 0.678. The van der Waals surface area contributed by atoms with E-state index in [0.29, 0.717) is 6.04 Å². The molecule has 0 amide bonds. The average molecular weight is 238 g/mol. The topological polar surface area (TPSA) is 15.3 Å². The zero-order valence-electron chi connectivity index (χ0n) is 11.9. The Kier molecular flexibility index (Phi) is 4.87. The molecule has 0 aromatic carbocycles. The van der Waals surface area contributed by atoms with Crippen molar-refractivity contribution in [2.75, 3.05) is 13.1 Å². The third kappa shape index (κ3) is 3.23. The van der Waals surface area contributed by atoms with Crippen LogP contribution in [0.1, 0.15) is 59.3 Å². The first-order valence-corrected chi connectivity index (χ1v) is 7.71. The predicted octanol–water partition coefficient (Wildman–Crippen LogP) is 3.03. The molecular weight excluding hydrogens is 208 g/mol. The van der Waals surface area contributed by atoms with E-state index in [1.165, 1.54) is 51.6 Å². The van der Waals surface area contributed by atoms with Gasteiger partial charge in [0.2, 0.25) is 0 Å². The van der Waals surface area contributed by atoms with Crippen LogP contribution in [0, 0.1) is 5.92 Å². The molecule has 2 rings (SSSR count). The predicted molar refractivity (Wildman–Crippen MR) is 74.3 cm³/mol. The molecule has 17 heavy (non-hydrogen) atoms. The van der Waals surface area contributed by atoms with Gasteiger partial charge in [-0.1, -0.05) is 39.5 Å². The summed E-state index contributed by atoms with van der Waals surface area (Å²) in [6.07, 6.45) is 8.57. The molecule has 2 aliphatic rings. The second-order valence-electron chi connectivity index (χ2n) is 6.25. The first-order chi connectivity index (χ1) is 8.22. The molecule has 0 radical (unpaired) electrons. The molecule has 0 bridgehead atoms. The van der Waals surface area contributed by atoms with E-state index in [0.717, 1.165) is 18.0 Å². The Bertz CT molecular complexity index is 223. The first kappa shape index (κ1) is 13.4. The maximum absolute atomic E-state index is 3.67. The molecule has 1 saturated carbocycles. The van der Waals surface area contributed by atoms with Crippen LogP contribution in [0.3, 0.4) is 0 Å². The summed E-state index contributed by atoms with van der Waals surface area (Å²) in [5.41, 5.74) is 0. The summed E-state index contributed by atoms with van der Waals surface area (Å²) in [5, 5.41) is 3.67. The van der Waals surface area contributed by atoms with E-state index in [9.17, 15) is 0 Å². The number of rotatable bonds is 3. The molecule has 0 aromatic heterocycles. The van der Waals surface area contributed by atoms with Gasteiger partial charge < -0.3 is 5.32 Å². The monoisotopic (exact) mass is 238 g/mol. The quantitative estimate of drug-likeness (QED) is 0.813. The third-order valence-electron chi connectivity index (χ3n) is 4.93. The highest BCUT2D eigenvalue weighted by Crippen LogP contribution is 2.28. The fourth-order valence-electron chi connectivity index (χ4n) is 3.59. The summed E-state index contributed by atoms with van der Waals surface area (Å²) in [6.45, 7) is 9.56. The van der Waals surface area contributed by atoms with E-state index in [2.05, 4.69) is 31.0 Å². The SMILES string of the molecule is CCC(C)C1CNC(C)CN1C1CCCCC1. The van der Waals surface area contributed by atoms with Gasteiger partial charge >= 0.3 is 0 Å². The highest BCUT2D eigenvalue weighted by atomic mass is 15.3. The highest BCUT2D eigenvalue weighted by Gasteiger charge is 2.34. The second kappa shape index (κ2) is 6.19. The summed E-state index contributed by atoms with van der Waals surface area (Å²) in [6, 6.07) is 2.34. The molecule has 1 saturated heterocycles. The summed E-state index contributed by atoms with van der Waals surface area (Å²) >= 11 is 0. The van der Waals surface area contributed by atoms with E-state index in [4.69, 9.17) is 0 Å². The summed E-state index contributed by atoms with van der Waals surface area (Å²) in [4.78, 5) is 2.86. The van der Waals surface area contributed by atoms with Gasteiger partial charge in [-0.3, -0.25) is 4.90 Å². The van der Waals surface area contributed by atoms with Gasteiger partial charge in [0, 0.05) is 31.2 Å². The maximum atomic E-state index is 3.67. The summed E-state index contributed by atoms with van der Waals surface area (Å²) < 4.78 is 0. The van der Waals surface area contributed by atoms with Crippen molar-refractivity contribution in [3.8, 4) is 0 Å². The highest BCUT2D eigenvalue weighted by molar-refractivity contribution is 4.91. The minimum Gasteiger partial charge on any atom is -0.311 e. The largest absolute Gasteiger partial charge is 0.311 e. The number of nitrogens with one attached hydrogen (secondary N) is 1. The minimum absolute atomic E-state index is 0.678. The molecule has 1 aliphatic heterocycles. The fraction of sp³-hybridized carbons (Fsp3) is 1.00. The van der Waals surface area contributed by atoms with E-state index < -0.39 is 0 Å². The van der Waals surface area contributed by atoms with Crippen molar-refractivity contribution >= 4 is 0 Å². The number of hydrogen-bond acceptors (Lipinski definition) is 2. The Morgan fingerprint density at radius 1 is 1.24 bits per heavy atom. The zero-order valence-corrected chi connectivity index (χ0v) is 11.9. The van der Waals surface area contributed by atoms with Gasteiger partial charge in [0.1, 0.15) is 0 Å². The van der Waals surface area contributed by atoms with Crippen molar-refractivity contribution in [1.82, 2.24) is 10.2 Å². The molecule has 2 heteroatoms. The number of hydrogen-bond donors (Lipinski definition) is 1. The van der Waals surface area contributed by atoms with Gasteiger partial charge in [0.15, 0.2) is 0 Å². The maximum Gasteiger partial charge on any atom is 0.0249 e. The van der Waals surface area contributed by atoms with Crippen LogP contribution in [-0.2, 0) is 0 Å². The average Bonchev–Trinajstić information content (AvgIpc) is 2.39. The van der Waals surface area contributed by atoms with Crippen LogP contribution in [0.4, 0.5) is 0 Å². The molecule has 3 unspecified atom stereocenters. The van der Waals surface area contributed by atoms with Crippen molar-refractivity contribution in [1.29, 1.82) is 0 Å². The van der Waals surface area contributed by atoms with Crippen LogP contribution in [0.15, 0.2) is 0 Å². The smallest absolute Gasteiger partial charge is 0.0249 e. The van der Waals surface area contributed by atoms with Crippen LogP contribution in [0.25, 0.3) is 0 Å². The van der Waals surface area contributed by atoms with Crippen molar-refractivity contribution in [3.63, 3.8) is 0 Å². The third-order valence-corrected chi connectivity index (χ3v) is 4.93. The van der Waals surface area contributed by atoms with Crippen LogP contribution >= 0.6 is 0 Å². The van der Waals surface area contributed by atoms with E-state index >= 15 is 0 Å². The van der Waals surface area contributed by atoms with Crippen LogP contribution in [-0.4, -0.2) is 36.1 Å². The normalized spacial score (nSPS) is 34.8. The zero-order chi connectivity index (χ0) is 12.3. The standard InChI is InChI=1S/C15H30N2/c1-4-12(2)15-10-16-13(3)11-17(15)14-8-6-5-7-9-14/h12-16H,4-11H2,1-3H3. The molecular formula is C15H30N2. The van der Waals surface area contributed by atoms with E-state index in [1.54, 1.807) is 0 Å². The lowest BCUT2D eigenvalue weighted by molar-refractivity contribution is 0.0375. The molecule has 100 valence electrons. The Morgan fingerprint density at radius 3 is 2.59 bits per heavy atom. The summed E-state index contributed by atoms with van der Waals surface area (Å²) in [7, 11) is 0. The fourth-order valence-corrected chi connectivity index (χ4v) is 3.59. The molecule has 3 atom stereocenters. The van der Waals surface area contributed by atoms with Crippen molar-refractivity contribution < 1.29 is 0 Å². The van der Waals surface area contributed by atoms with Crippen LogP contribution in [0.2, 0.25) is 0 Å². The van der Waals surface area contributed by atoms with E-state index in [-0.39, 0.29) is 0 Å². The lowest BCUT2D eigenvalue weighted by atomic mass is 9.88. The van der Waals surface area contributed by atoms with Gasteiger partial charge in [0.25, 0.3) is 0 Å². The van der Waals surface area contributed by atoms with Gasteiger partial charge in [-0.25, -0.2) is 0 Å². The Balaban J connectivity index is 2.01. The van der Waals surface area contributed by atoms with Crippen LogP contribution in [0.5, 0.6) is 0 Å². The molecule has 2 nitrogen and oxygen atoms in total. The molecule has 1 N–H and O–H groups in total. The molecule has 1 heterocycles. The number of nitrogens with zero attached hydrogens (tertiary/aromatic N) is 1. The summed E-state index contributed by atoms with van der Waals surface area (Å²) in [5.74, 6) is 0.830. The van der Waals surface area contributed by atoms with Gasteiger partial charge in [-0.2, -0.15) is 0 Å². The molecule has 1 aliphatic carbocycles. The lowest BCUT2D eigenvalue weighted by Crippen LogP contribution is -2.60. The van der Waals surface area contributed by atoms with Gasteiger partial charge in [-0.05, 0) is 25.7 Å². The first-order valence-electron chi connectivity index (χ1n) is 7.71. The van der Waals surface area contributed by atoms with Crippen molar-refractivity contribution in [3.05, 3.63) is 0 Å². The number of piperazine rings is 1. The lowest BCUT2D eigenvalue weighted by Gasteiger charge is -2.47. The molecule has 0 aromatic rings. The Morgan fingerprint density at radius 2 is 1.94 bits per heavy atom. The van der Waals surface area contributed by atoms with Crippen molar-refractivity contribution in [2.24, 2.45) is 5.92 Å². The Labute approximate surface area is 107 Å². The van der Waals surface area contributed by atoms with Crippen LogP contribution < -0.4 is 5.32 Å². The molecule has 0 spiro atoms. The van der Waals surface area contributed by atoms with Crippen molar-refractivity contribution in [2.45, 2.75) is 77.4 Å². The van der Waals surface area contributed by atoms with E-state index in [1.807, 2.05) is 0 Å². The Hall–Kier alpha value is -0.0800. The van der Waals surface area contributed by atoms with Gasteiger partial charge in [-0.15, -0.1) is 0 Å². The second-order valence-corrected chi connectivity index (χ2v) is 6.25.